The van der Waals surface area contributed by atoms with E-state index < -0.39 is 0 Å². The molecule has 130 valence electrons. The second-order valence-corrected chi connectivity index (χ2v) is 5.78. The number of amides is 1. The maximum Gasteiger partial charge on any atom is 0.246 e. The zero-order chi connectivity index (χ0) is 18.4. The fourth-order valence-electron chi connectivity index (χ4n) is 2.43. The van der Waals surface area contributed by atoms with Crippen molar-refractivity contribution in [3.63, 3.8) is 0 Å². The number of carbonyl (C=O) groups is 1. The minimum atomic E-state index is -0.141. The smallest absolute Gasteiger partial charge is 0.246 e. The number of pyridine rings is 1. The van der Waals surface area contributed by atoms with Crippen LogP contribution in [-0.2, 0) is 17.9 Å². The van der Waals surface area contributed by atoms with Gasteiger partial charge in [0.25, 0.3) is 0 Å². The van der Waals surface area contributed by atoms with Crippen LogP contribution in [0, 0.1) is 18.3 Å². The van der Waals surface area contributed by atoms with Gasteiger partial charge in [-0.15, -0.1) is 0 Å². The van der Waals surface area contributed by atoms with Crippen molar-refractivity contribution in [2.45, 2.75) is 20.0 Å². The van der Waals surface area contributed by atoms with Gasteiger partial charge in [0.15, 0.2) is 0 Å². The van der Waals surface area contributed by atoms with E-state index in [0.717, 1.165) is 16.8 Å². The topological polar surface area (TPSA) is 95.6 Å². The molecule has 0 spiro atoms. The summed E-state index contributed by atoms with van der Waals surface area (Å²) in [4.78, 5) is 16.3. The van der Waals surface area contributed by atoms with E-state index in [4.69, 9.17) is 5.26 Å². The number of hydrogen-bond acceptors (Lipinski definition) is 5. The highest BCUT2D eigenvalue weighted by atomic mass is 16.2. The average Bonchev–Trinajstić information content (AvgIpc) is 3.14. The molecule has 3 rings (SSSR count). The van der Waals surface area contributed by atoms with Crippen LogP contribution in [-0.4, -0.2) is 20.7 Å². The fraction of sp³-hybridized carbons (Fsp3) is 0.158. The molecular weight excluding hydrogens is 328 g/mol. The van der Waals surface area contributed by atoms with Crippen LogP contribution in [0.15, 0.2) is 54.9 Å². The third kappa shape index (κ3) is 4.45. The Morgan fingerprint density at radius 1 is 1.27 bits per heavy atom. The van der Waals surface area contributed by atoms with Crippen LogP contribution in [0.3, 0.4) is 0 Å². The summed E-state index contributed by atoms with van der Waals surface area (Å²) in [6.45, 7) is 2.55. The predicted octanol–water partition coefficient (Wildman–Crippen LogP) is 2.71. The van der Waals surface area contributed by atoms with Crippen molar-refractivity contribution < 1.29 is 4.79 Å². The molecule has 0 saturated heterocycles. The van der Waals surface area contributed by atoms with Gasteiger partial charge in [0.05, 0.1) is 0 Å². The van der Waals surface area contributed by atoms with E-state index in [0.29, 0.717) is 18.1 Å². The molecule has 0 aliphatic rings. The monoisotopic (exact) mass is 346 g/mol. The van der Waals surface area contributed by atoms with Gasteiger partial charge in [-0.1, -0.05) is 18.2 Å². The molecule has 7 nitrogen and oxygen atoms in total. The third-order valence-electron chi connectivity index (χ3n) is 3.75. The SMILES string of the molecule is Cc1ccc(NCc2cccc(NC(=O)Cn3cccn3)c2)nc1C#N. The lowest BCUT2D eigenvalue weighted by atomic mass is 10.2. The van der Waals surface area contributed by atoms with Crippen molar-refractivity contribution in [1.29, 1.82) is 5.26 Å². The number of rotatable bonds is 6. The van der Waals surface area contributed by atoms with Crippen LogP contribution in [0.25, 0.3) is 0 Å². The Kier molecular flexibility index (Phi) is 5.25. The van der Waals surface area contributed by atoms with Gasteiger partial charge in [0.1, 0.15) is 24.1 Å². The van der Waals surface area contributed by atoms with Gasteiger partial charge in [-0.25, -0.2) is 4.98 Å². The lowest BCUT2D eigenvalue weighted by molar-refractivity contribution is -0.116. The molecule has 1 aromatic carbocycles. The molecule has 0 saturated carbocycles. The Labute approximate surface area is 151 Å². The molecule has 26 heavy (non-hydrogen) atoms. The predicted molar refractivity (Wildman–Crippen MR) is 98.3 cm³/mol. The van der Waals surface area contributed by atoms with E-state index >= 15 is 0 Å². The molecule has 0 atom stereocenters. The zero-order valence-corrected chi connectivity index (χ0v) is 14.3. The van der Waals surface area contributed by atoms with Crippen molar-refractivity contribution in [3.05, 3.63) is 71.7 Å². The molecule has 2 heterocycles. The van der Waals surface area contributed by atoms with Crippen molar-refractivity contribution in [3.8, 4) is 6.07 Å². The highest BCUT2D eigenvalue weighted by molar-refractivity contribution is 5.90. The number of carbonyl (C=O) groups excluding carboxylic acids is 1. The number of hydrogen-bond donors (Lipinski definition) is 2. The Balaban J connectivity index is 1.60. The van der Waals surface area contributed by atoms with E-state index in [1.54, 1.807) is 23.1 Å². The number of aromatic nitrogens is 3. The van der Waals surface area contributed by atoms with Gasteiger partial charge < -0.3 is 10.6 Å². The van der Waals surface area contributed by atoms with Gasteiger partial charge in [-0.05, 0) is 42.3 Å². The summed E-state index contributed by atoms with van der Waals surface area (Å²) in [5.41, 5.74) is 2.97. The quantitative estimate of drug-likeness (QED) is 0.715. The van der Waals surface area contributed by atoms with E-state index in [1.807, 2.05) is 43.3 Å². The third-order valence-corrected chi connectivity index (χ3v) is 3.75. The van der Waals surface area contributed by atoms with Gasteiger partial charge >= 0.3 is 0 Å². The van der Waals surface area contributed by atoms with E-state index in [1.165, 1.54) is 0 Å². The lowest BCUT2D eigenvalue weighted by Gasteiger charge is -2.10. The maximum absolute atomic E-state index is 12.0. The van der Waals surface area contributed by atoms with E-state index in [2.05, 4.69) is 26.8 Å². The molecule has 3 aromatic rings. The summed E-state index contributed by atoms with van der Waals surface area (Å²) in [5, 5.41) is 19.1. The number of benzene rings is 1. The van der Waals surface area contributed by atoms with Gasteiger partial charge in [-0.2, -0.15) is 10.4 Å². The van der Waals surface area contributed by atoms with Crippen molar-refractivity contribution in [2.24, 2.45) is 0 Å². The first kappa shape index (κ1) is 17.2. The minimum absolute atomic E-state index is 0.141. The molecule has 0 bridgehead atoms. The van der Waals surface area contributed by atoms with Crippen molar-refractivity contribution in [2.75, 3.05) is 10.6 Å². The molecule has 0 unspecified atom stereocenters. The summed E-state index contributed by atoms with van der Waals surface area (Å²) in [6.07, 6.45) is 3.38. The second-order valence-electron chi connectivity index (χ2n) is 5.78. The largest absolute Gasteiger partial charge is 0.366 e. The van der Waals surface area contributed by atoms with E-state index in [9.17, 15) is 4.79 Å². The highest BCUT2D eigenvalue weighted by Gasteiger charge is 2.05. The van der Waals surface area contributed by atoms with E-state index in [-0.39, 0.29) is 12.5 Å². The number of nitrogens with one attached hydrogen (secondary N) is 2. The molecule has 1 amide bonds. The first-order valence-corrected chi connectivity index (χ1v) is 8.12. The first-order chi connectivity index (χ1) is 12.6. The zero-order valence-electron chi connectivity index (χ0n) is 14.3. The van der Waals surface area contributed by atoms with Gasteiger partial charge in [0.2, 0.25) is 5.91 Å². The number of nitrogens with zero attached hydrogens (tertiary/aromatic N) is 4. The summed E-state index contributed by atoms with van der Waals surface area (Å²) < 4.78 is 1.57. The summed E-state index contributed by atoms with van der Waals surface area (Å²) >= 11 is 0. The Morgan fingerprint density at radius 2 is 2.15 bits per heavy atom. The molecule has 7 heteroatoms. The molecule has 0 radical (unpaired) electrons. The Morgan fingerprint density at radius 3 is 2.92 bits per heavy atom. The van der Waals surface area contributed by atoms with Gasteiger partial charge in [0, 0.05) is 24.6 Å². The molecular formula is C19H18N6O. The lowest BCUT2D eigenvalue weighted by Crippen LogP contribution is -2.19. The molecule has 2 N–H and O–H groups in total. The summed E-state index contributed by atoms with van der Waals surface area (Å²) in [5.74, 6) is 0.498. The van der Waals surface area contributed by atoms with Crippen molar-refractivity contribution in [1.82, 2.24) is 14.8 Å². The number of aryl methyl sites for hydroxylation is 1. The van der Waals surface area contributed by atoms with Crippen LogP contribution >= 0.6 is 0 Å². The Hall–Kier alpha value is -3.66. The number of nitriles is 1. The maximum atomic E-state index is 12.0. The second kappa shape index (κ2) is 7.94. The summed E-state index contributed by atoms with van der Waals surface area (Å²) in [7, 11) is 0. The highest BCUT2D eigenvalue weighted by Crippen LogP contribution is 2.14. The molecule has 0 aliphatic heterocycles. The molecule has 2 aromatic heterocycles. The Bertz CT molecular complexity index is 943. The van der Waals surface area contributed by atoms with Gasteiger partial charge in [-0.3, -0.25) is 9.48 Å². The average molecular weight is 346 g/mol. The fourth-order valence-corrected chi connectivity index (χ4v) is 2.43. The standard InChI is InChI=1S/C19H18N6O/c1-14-6-7-18(24-17(14)11-20)21-12-15-4-2-5-16(10-15)23-19(26)13-25-9-3-8-22-25/h2-10H,12-13H2,1H3,(H,21,24)(H,23,26). The minimum Gasteiger partial charge on any atom is -0.366 e. The first-order valence-electron chi connectivity index (χ1n) is 8.12. The number of anilines is 2. The van der Waals surface area contributed by atoms with Crippen LogP contribution in [0.5, 0.6) is 0 Å². The molecule has 0 fully saturated rings. The summed E-state index contributed by atoms with van der Waals surface area (Å²) in [6, 6.07) is 15.1. The van der Waals surface area contributed by atoms with Crippen LogP contribution < -0.4 is 10.6 Å². The molecule has 0 aliphatic carbocycles. The van der Waals surface area contributed by atoms with Crippen LogP contribution in [0.4, 0.5) is 11.5 Å². The van der Waals surface area contributed by atoms with Crippen LogP contribution in [0.2, 0.25) is 0 Å². The van der Waals surface area contributed by atoms with Crippen molar-refractivity contribution >= 4 is 17.4 Å². The van der Waals surface area contributed by atoms with Crippen LogP contribution in [0.1, 0.15) is 16.8 Å². The normalized spacial score (nSPS) is 10.2.